The molecule has 0 spiro atoms. The number of benzene rings is 1. The molecule has 0 saturated carbocycles. The van der Waals surface area contributed by atoms with Crippen LogP contribution in [-0.4, -0.2) is 10.9 Å². The van der Waals surface area contributed by atoms with E-state index in [-0.39, 0.29) is 16.0 Å². The van der Waals surface area contributed by atoms with E-state index in [1.165, 1.54) is 0 Å². The molecule has 2 rings (SSSR count). The van der Waals surface area contributed by atoms with Crippen molar-refractivity contribution in [3.05, 3.63) is 57.1 Å². The van der Waals surface area contributed by atoms with Crippen molar-refractivity contribution >= 4 is 34.8 Å². The van der Waals surface area contributed by atoms with E-state index in [1.807, 2.05) is 5.32 Å². The Labute approximate surface area is 129 Å². The van der Waals surface area contributed by atoms with Crippen LogP contribution in [0.5, 0.6) is 0 Å². The van der Waals surface area contributed by atoms with Crippen LogP contribution in [0.3, 0.4) is 0 Å². The van der Waals surface area contributed by atoms with Crippen LogP contribution in [0.4, 0.5) is 27.6 Å². The Balaban J connectivity index is 2.46. The lowest BCUT2D eigenvalue weighted by Crippen LogP contribution is -2.19. The summed E-state index contributed by atoms with van der Waals surface area (Å²) in [5.41, 5.74) is -1.76. The molecular weight excluding hydrogens is 354 g/mol. The molecule has 0 radical (unpaired) electrons. The second-order valence-corrected chi connectivity index (χ2v) is 4.67. The Hall–Kier alpha value is -1.93. The molecule has 0 unspecified atom stereocenters. The van der Waals surface area contributed by atoms with Crippen LogP contribution in [0.15, 0.2) is 12.1 Å². The van der Waals surface area contributed by atoms with Crippen molar-refractivity contribution in [3.8, 4) is 0 Å². The predicted octanol–water partition coefficient (Wildman–Crippen LogP) is 4.34. The van der Waals surface area contributed by atoms with Gasteiger partial charge in [-0.2, -0.15) is 0 Å². The van der Waals surface area contributed by atoms with Gasteiger partial charge in [0.25, 0.3) is 5.91 Å². The Morgan fingerprint density at radius 3 is 1.73 bits per heavy atom. The minimum Gasteiger partial charge on any atom is -0.322 e. The van der Waals surface area contributed by atoms with Gasteiger partial charge in [0.1, 0.15) is 15.9 Å². The first-order valence-corrected chi connectivity index (χ1v) is 6.13. The SMILES string of the molecule is O=C(Nc1cc(Cl)nc(Cl)c1)c1c(F)c(F)c(F)c(F)c1F. The van der Waals surface area contributed by atoms with Gasteiger partial charge in [-0.3, -0.25) is 4.79 Å². The first-order valence-electron chi connectivity index (χ1n) is 5.38. The fourth-order valence-electron chi connectivity index (χ4n) is 1.53. The summed E-state index contributed by atoms with van der Waals surface area (Å²) in [4.78, 5) is 15.3. The number of pyridine rings is 1. The third-order valence-corrected chi connectivity index (χ3v) is 2.84. The Morgan fingerprint density at radius 2 is 1.27 bits per heavy atom. The number of carbonyl (C=O) groups excluding carboxylic acids is 1. The van der Waals surface area contributed by atoms with Gasteiger partial charge in [-0.1, -0.05) is 23.2 Å². The fraction of sp³-hybridized carbons (Fsp3) is 0. The molecule has 10 heteroatoms. The highest BCUT2D eigenvalue weighted by atomic mass is 35.5. The maximum absolute atomic E-state index is 13.5. The molecule has 1 heterocycles. The first-order chi connectivity index (χ1) is 10.2. The van der Waals surface area contributed by atoms with E-state index in [2.05, 4.69) is 4.98 Å². The van der Waals surface area contributed by atoms with Crippen LogP contribution >= 0.6 is 23.2 Å². The van der Waals surface area contributed by atoms with Crippen molar-refractivity contribution in [3.63, 3.8) is 0 Å². The van der Waals surface area contributed by atoms with Crippen LogP contribution in [0, 0.1) is 29.1 Å². The number of halogens is 7. The monoisotopic (exact) mass is 356 g/mol. The molecule has 1 amide bonds. The molecule has 0 fully saturated rings. The lowest BCUT2D eigenvalue weighted by molar-refractivity contribution is 0.101. The van der Waals surface area contributed by atoms with Gasteiger partial charge in [0.05, 0.1) is 0 Å². The van der Waals surface area contributed by atoms with Gasteiger partial charge >= 0.3 is 0 Å². The number of amides is 1. The summed E-state index contributed by atoms with van der Waals surface area (Å²) < 4.78 is 65.9. The highest BCUT2D eigenvalue weighted by Gasteiger charge is 2.29. The molecule has 0 aliphatic rings. The number of nitrogens with one attached hydrogen (secondary N) is 1. The van der Waals surface area contributed by atoms with Gasteiger partial charge in [-0.05, 0) is 12.1 Å². The van der Waals surface area contributed by atoms with Crippen LogP contribution in [0.1, 0.15) is 10.4 Å². The van der Waals surface area contributed by atoms with Crippen molar-refractivity contribution < 1.29 is 26.7 Å². The summed E-state index contributed by atoms with van der Waals surface area (Å²) >= 11 is 11.1. The molecule has 1 N–H and O–H groups in total. The van der Waals surface area contributed by atoms with E-state index in [4.69, 9.17) is 23.2 Å². The van der Waals surface area contributed by atoms with Crippen molar-refractivity contribution in [2.24, 2.45) is 0 Å². The standard InChI is InChI=1S/C12H3Cl2F5N2O/c13-4-1-3(2-5(14)21-4)20-12(22)6-7(15)9(17)11(19)10(18)8(6)16/h1-2H,(H,20,21,22). The van der Waals surface area contributed by atoms with Gasteiger partial charge in [0, 0.05) is 5.69 Å². The minimum atomic E-state index is -2.36. The summed E-state index contributed by atoms with van der Waals surface area (Å²) in [5.74, 6) is -12.9. The molecule has 1 aromatic heterocycles. The van der Waals surface area contributed by atoms with E-state index >= 15 is 0 Å². The Kier molecular flexibility index (Phi) is 4.52. The predicted molar refractivity (Wildman–Crippen MR) is 68.4 cm³/mol. The van der Waals surface area contributed by atoms with E-state index < -0.39 is 40.6 Å². The third-order valence-electron chi connectivity index (χ3n) is 2.46. The van der Waals surface area contributed by atoms with Crippen LogP contribution in [-0.2, 0) is 0 Å². The second-order valence-electron chi connectivity index (χ2n) is 3.90. The highest BCUT2D eigenvalue weighted by Crippen LogP contribution is 2.25. The van der Waals surface area contributed by atoms with Gasteiger partial charge in [0.15, 0.2) is 23.3 Å². The Bertz CT molecular complexity index is 735. The van der Waals surface area contributed by atoms with Crippen LogP contribution in [0.25, 0.3) is 0 Å². The first kappa shape index (κ1) is 16.4. The molecule has 22 heavy (non-hydrogen) atoms. The van der Waals surface area contributed by atoms with Crippen LogP contribution in [0.2, 0.25) is 10.3 Å². The molecule has 0 atom stereocenters. The molecular formula is C12H3Cl2F5N2O. The van der Waals surface area contributed by atoms with Crippen molar-refractivity contribution in [2.75, 3.05) is 5.32 Å². The largest absolute Gasteiger partial charge is 0.322 e. The zero-order chi connectivity index (χ0) is 16.6. The molecule has 116 valence electrons. The molecule has 0 saturated heterocycles. The van der Waals surface area contributed by atoms with Crippen molar-refractivity contribution in [1.82, 2.24) is 4.98 Å². The Morgan fingerprint density at radius 1 is 0.864 bits per heavy atom. The average Bonchev–Trinajstić information content (AvgIpc) is 2.42. The summed E-state index contributed by atoms with van der Waals surface area (Å²) in [6.07, 6.45) is 0. The van der Waals surface area contributed by atoms with Gasteiger partial charge < -0.3 is 5.32 Å². The van der Waals surface area contributed by atoms with Gasteiger partial charge in [-0.25, -0.2) is 26.9 Å². The second kappa shape index (κ2) is 6.05. The smallest absolute Gasteiger partial charge is 0.261 e. The van der Waals surface area contributed by atoms with E-state index in [9.17, 15) is 26.7 Å². The summed E-state index contributed by atoms with van der Waals surface area (Å²) in [7, 11) is 0. The fourth-order valence-corrected chi connectivity index (χ4v) is 2.00. The quantitative estimate of drug-likeness (QED) is 0.376. The molecule has 1 aromatic carbocycles. The summed E-state index contributed by atoms with van der Waals surface area (Å²) in [6.45, 7) is 0. The third kappa shape index (κ3) is 2.97. The van der Waals surface area contributed by atoms with Gasteiger partial charge in [-0.15, -0.1) is 0 Å². The molecule has 2 aromatic rings. The average molecular weight is 357 g/mol. The number of nitrogens with zero attached hydrogens (tertiary/aromatic N) is 1. The topological polar surface area (TPSA) is 42.0 Å². The maximum atomic E-state index is 13.5. The number of carbonyl (C=O) groups is 1. The molecule has 0 aliphatic carbocycles. The van der Waals surface area contributed by atoms with Crippen molar-refractivity contribution in [1.29, 1.82) is 0 Å². The lowest BCUT2D eigenvalue weighted by atomic mass is 10.1. The summed E-state index contributed by atoms with van der Waals surface area (Å²) in [6, 6.07) is 2.13. The number of rotatable bonds is 2. The van der Waals surface area contributed by atoms with Gasteiger partial charge in [0.2, 0.25) is 5.82 Å². The molecule has 0 bridgehead atoms. The minimum absolute atomic E-state index is 0.140. The number of hydrogen-bond donors (Lipinski definition) is 1. The molecule has 3 nitrogen and oxygen atoms in total. The lowest BCUT2D eigenvalue weighted by Gasteiger charge is -2.09. The maximum Gasteiger partial charge on any atom is 0.261 e. The van der Waals surface area contributed by atoms with Crippen LogP contribution < -0.4 is 5.32 Å². The summed E-state index contributed by atoms with van der Waals surface area (Å²) in [5, 5.41) is 1.61. The van der Waals surface area contributed by atoms with E-state index in [0.29, 0.717) is 0 Å². The normalized spacial score (nSPS) is 10.7. The zero-order valence-electron chi connectivity index (χ0n) is 10.2. The highest BCUT2D eigenvalue weighted by molar-refractivity contribution is 6.33. The number of hydrogen-bond acceptors (Lipinski definition) is 2. The van der Waals surface area contributed by atoms with E-state index in [1.54, 1.807) is 0 Å². The number of anilines is 1. The molecule has 0 aliphatic heterocycles. The zero-order valence-corrected chi connectivity index (χ0v) is 11.7. The van der Waals surface area contributed by atoms with E-state index in [0.717, 1.165) is 12.1 Å². The number of aromatic nitrogens is 1. The van der Waals surface area contributed by atoms with Crippen molar-refractivity contribution in [2.45, 2.75) is 0 Å².